The van der Waals surface area contributed by atoms with E-state index in [1.165, 1.54) is 24.9 Å². The minimum atomic E-state index is 0.364. The summed E-state index contributed by atoms with van der Waals surface area (Å²) in [5.74, 6) is 3.78. The molecule has 3 aliphatic rings. The zero-order valence-electron chi connectivity index (χ0n) is 17.1. The number of carbonyl (C=O) groups excluding carboxylic acids is 1. The number of rotatable bonds is 5. The van der Waals surface area contributed by atoms with E-state index < -0.39 is 0 Å². The van der Waals surface area contributed by atoms with Crippen LogP contribution >= 0.6 is 0 Å². The van der Waals surface area contributed by atoms with Crippen LogP contribution in [0.15, 0.2) is 24.3 Å². The molecule has 2 saturated carbocycles. The van der Waals surface area contributed by atoms with Gasteiger partial charge in [-0.25, -0.2) is 0 Å². The van der Waals surface area contributed by atoms with E-state index >= 15 is 0 Å². The van der Waals surface area contributed by atoms with Gasteiger partial charge in [-0.15, -0.1) is 0 Å². The number of carbonyl (C=O) groups is 1. The molecule has 4 rings (SSSR count). The summed E-state index contributed by atoms with van der Waals surface area (Å²) in [6.07, 6.45) is 6.04. The number of amides is 1. The maximum atomic E-state index is 12.8. The molecule has 0 radical (unpaired) electrons. The van der Waals surface area contributed by atoms with Gasteiger partial charge in [0.1, 0.15) is 5.75 Å². The highest BCUT2D eigenvalue weighted by Crippen LogP contribution is 2.60. The van der Waals surface area contributed by atoms with E-state index in [9.17, 15) is 4.79 Å². The predicted octanol–water partition coefficient (Wildman–Crippen LogP) is 4.20. The number of benzene rings is 1. The van der Waals surface area contributed by atoms with Gasteiger partial charge in [0, 0.05) is 38.3 Å². The summed E-state index contributed by atoms with van der Waals surface area (Å²) >= 11 is 0. The van der Waals surface area contributed by atoms with E-state index in [1.807, 2.05) is 12.1 Å². The van der Waals surface area contributed by atoms with Crippen molar-refractivity contribution in [1.82, 2.24) is 4.90 Å². The molecule has 1 aromatic carbocycles. The highest BCUT2D eigenvalue weighted by atomic mass is 16.5. The molecule has 1 saturated heterocycles. The second-order valence-electron chi connectivity index (χ2n) is 9.30. The number of hydrogen-bond donors (Lipinski definition) is 0. The van der Waals surface area contributed by atoms with Crippen LogP contribution < -0.4 is 9.64 Å². The quantitative estimate of drug-likeness (QED) is 0.779. The summed E-state index contributed by atoms with van der Waals surface area (Å²) in [5, 5.41) is 0. The van der Waals surface area contributed by atoms with Crippen LogP contribution in [0.25, 0.3) is 0 Å². The van der Waals surface area contributed by atoms with Crippen LogP contribution in [0, 0.1) is 23.2 Å². The molecule has 3 unspecified atom stereocenters. The van der Waals surface area contributed by atoms with Crippen molar-refractivity contribution in [1.29, 1.82) is 0 Å². The van der Waals surface area contributed by atoms with Crippen molar-refractivity contribution in [2.75, 3.05) is 38.2 Å². The van der Waals surface area contributed by atoms with Gasteiger partial charge in [0.2, 0.25) is 5.91 Å². The normalized spacial score (nSPS) is 29.2. The highest BCUT2D eigenvalue weighted by Gasteiger charge is 2.52. The zero-order chi connectivity index (χ0) is 19.0. The van der Waals surface area contributed by atoms with Crippen molar-refractivity contribution in [3.63, 3.8) is 0 Å². The third-order valence-electron chi connectivity index (χ3n) is 7.79. The maximum Gasteiger partial charge on any atom is 0.222 e. The van der Waals surface area contributed by atoms with Crippen molar-refractivity contribution in [3.8, 4) is 5.75 Å². The fraction of sp³-hybridized carbons (Fsp3) is 0.696. The summed E-state index contributed by atoms with van der Waals surface area (Å²) < 4.78 is 5.24. The molecule has 1 aromatic rings. The lowest BCUT2D eigenvalue weighted by Crippen LogP contribution is -2.49. The Morgan fingerprint density at radius 2 is 1.81 bits per heavy atom. The van der Waals surface area contributed by atoms with Gasteiger partial charge >= 0.3 is 0 Å². The average molecular weight is 371 g/mol. The second-order valence-corrected chi connectivity index (χ2v) is 9.30. The van der Waals surface area contributed by atoms with E-state index in [2.05, 4.69) is 35.8 Å². The van der Waals surface area contributed by atoms with Gasteiger partial charge in [-0.3, -0.25) is 4.79 Å². The molecule has 1 amide bonds. The average Bonchev–Trinajstić information content (AvgIpc) is 3.26. The summed E-state index contributed by atoms with van der Waals surface area (Å²) in [6, 6.07) is 8.22. The molecule has 27 heavy (non-hydrogen) atoms. The first-order valence-electron chi connectivity index (χ1n) is 10.7. The Kier molecular flexibility index (Phi) is 5.09. The lowest BCUT2D eigenvalue weighted by molar-refractivity contribution is -0.132. The lowest BCUT2D eigenvalue weighted by Gasteiger charge is -2.39. The van der Waals surface area contributed by atoms with E-state index in [1.54, 1.807) is 7.11 Å². The predicted molar refractivity (Wildman–Crippen MR) is 109 cm³/mol. The minimum Gasteiger partial charge on any atom is -0.497 e. The van der Waals surface area contributed by atoms with Crippen LogP contribution in [0.4, 0.5) is 5.69 Å². The zero-order valence-corrected chi connectivity index (χ0v) is 17.1. The van der Waals surface area contributed by atoms with E-state index in [0.29, 0.717) is 11.3 Å². The first-order chi connectivity index (χ1) is 13.0. The summed E-state index contributed by atoms with van der Waals surface area (Å²) in [7, 11) is 1.69. The molecule has 148 valence electrons. The summed E-state index contributed by atoms with van der Waals surface area (Å²) in [6.45, 7) is 8.39. The van der Waals surface area contributed by atoms with Gasteiger partial charge in [-0.1, -0.05) is 13.8 Å². The fourth-order valence-corrected chi connectivity index (χ4v) is 6.02. The topological polar surface area (TPSA) is 32.8 Å². The van der Waals surface area contributed by atoms with E-state index in [-0.39, 0.29) is 0 Å². The number of nitrogens with zero attached hydrogens (tertiary/aromatic N) is 2. The highest BCUT2D eigenvalue weighted by molar-refractivity contribution is 5.76. The molecule has 0 spiro atoms. The molecular weight excluding hydrogens is 336 g/mol. The van der Waals surface area contributed by atoms with Gasteiger partial charge in [0.25, 0.3) is 0 Å². The number of ether oxygens (including phenoxy) is 1. The Hall–Kier alpha value is -1.71. The van der Waals surface area contributed by atoms with Gasteiger partial charge in [-0.2, -0.15) is 0 Å². The molecule has 0 aromatic heterocycles. The maximum absolute atomic E-state index is 12.8. The third-order valence-corrected chi connectivity index (χ3v) is 7.79. The smallest absolute Gasteiger partial charge is 0.222 e. The molecule has 0 N–H and O–H groups in total. The van der Waals surface area contributed by atoms with Crippen LogP contribution in [0.3, 0.4) is 0 Å². The lowest BCUT2D eigenvalue weighted by atomic mass is 9.67. The van der Waals surface area contributed by atoms with Crippen molar-refractivity contribution in [2.24, 2.45) is 23.2 Å². The van der Waals surface area contributed by atoms with Gasteiger partial charge in [-0.05, 0) is 73.1 Å². The molecule has 2 bridgehead atoms. The standard InChI is InChI=1S/C23H34N2O2/c1-23(2)18-5-4-17(16-18)21(23)10-11-22(26)25-14-12-24(13-15-25)19-6-8-20(27-3)9-7-19/h6-9,17-18,21H,4-5,10-16H2,1-3H3. The van der Waals surface area contributed by atoms with Crippen LogP contribution in [-0.4, -0.2) is 44.1 Å². The first kappa shape index (κ1) is 18.6. The fourth-order valence-electron chi connectivity index (χ4n) is 6.02. The van der Waals surface area contributed by atoms with Crippen molar-refractivity contribution in [3.05, 3.63) is 24.3 Å². The minimum absolute atomic E-state index is 0.364. The van der Waals surface area contributed by atoms with E-state index in [0.717, 1.165) is 62.5 Å². The second kappa shape index (κ2) is 7.37. The first-order valence-corrected chi connectivity index (χ1v) is 10.7. The number of anilines is 1. The molecule has 3 atom stereocenters. The van der Waals surface area contributed by atoms with Gasteiger partial charge in [0.15, 0.2) is 0 Å². The SMILES string of the molecule is COc1ccc(N2CCN(C(=O)CCC3C4CCC(C4)C3(C)C)CC2)cc1. The Bertz CT molecular complexity index is 661. The van der Waals surface area contributed by atoms with Crippen molar-refractivity contribution < 1.29 is 9.53 Å². The van der Waals surface area contributed by atoms with Crippen molar-refractivity contribution in [2.45, 2.75) is 46.0 Å². The molecule has 1 heterocycles. The van der Waals surface area contributed by atoms with Gasteiger partial charge < -0.3 is 14.5 Å². The number of methoxy groups -OCH3 is 1. The molecule has 3 fully saturated rings. The van der Waals surface area contributed by atoms with Crippen LogP contribution in [0.5, 0.6) is 5.75 Å². The monoisotopic (exact) mass is 370 g/mol. The number of fused-ring (bicyclic) bond motifs is 2. The Morgan fingerprint density at radius 1 is 1.11 bits per heavy atom. The van der Waals surface area contributed by atoms with Gasteiger partial charge in [0.05, 0.1) is 7.11 Å². The number of piperazine rings is 1. The third kappa shape index (κ3) is 3.55. The molecule has 4 heteroatoms. The van der Waals surface area contributed by atoms with Crippen LogP contribution in [0.2, 0.25) is 0 Å². The largest absolute Gasteiger partial charge is 0.497 e. The molecular formula is C23H34N2O2. The van der Waals surface area contributed by atoms with Crippen LogP contribution in [0.1, 0.15) is 46.0 Å². The number of hydrogen-bond acceptors (Lipinski definition) is 3. The molecule has 4 nitrogen and oxygen atoms in total. The Morgan fingerprint density at radius 3 is 2.41 bits per heavy atom. The van der Waals surface area contributed by atoms with E-state index in [4.69, 9.17) is 4.74 Å². The van der Waals surface area contributed by atoms with Crippen molar-refractivity contribution >= 4 is 11.6 Å². The summed E-state index contributed by atoms with van der Waals surface area (Å²) in [5.41, 5.74) is 1.66. The Labute approximate surface area is 163 Å². The molecule has 2 aliphatic carbocycles. The summed E-state index contributed by atoms with van der Waals surface area (Å²) in [4.78, 5) is 17.2. The molecule has 1 aliphatic heterocycles. The Balaban J connectivity index is 1.26. The van der Waals surface area contributed by atoms with Crippen LogP contribution in [-0.2, 0) is 4.79 Å².